The van der Waals surface area contributed by atoms with Gasteiger partial charge in [0.25, 0.3) is 5.69 Å². The van der Waals surface area contributed by atoms with E-state index in [1.54, 1.807) is 6.92 Å². The predicted molar refractivity (Wildman–Crippen MR) is 94.6 cm³/mol. The molecule has 6 heteroatoms. The van der Waals surface area contributed by atoms with Crippen molar-refractivity contribution in [3.05, 3.63) is 57.6 Å². The van der Waals surface area contributed by atoms with Crippen LogP contribution in [0.3, 0.4) is 0 Å². The van der Waals surface area contributed by atoms with E-state index in [9.17, 15) is 15.2 Å². The molecule has 6 nitrogen and oxygen atoms in total. The van der Waals surface area contributed by atoms with Gasteiger partial charge in [-0.25, -0.2) is 0 Å². The fourth-order valence-electron chi connectivity index (χ4n) is 2.93. The average molecular weight is 325 g/mol. The van der Waals surface area contributed by atoms with Crippen LogP contribution < -0.4 is 4.90 Å². The number of rotatable bonds is 4. The Morgan fingerprint density at radius 3 is 2.67 bits per heavy atom. The molecule has 1 aliphatic rings. The van der Waals surface area contributed by atoms with Crippen LogP contribution in [0.1, 0.15) is 24.0 Å². The smallest absolute Gasteiger partial charge is 0.270 e. The van der Waals surface area contributed by atoms with Crippen LogP contribution in [0.4, 0.5) is 17.1 Å². The lowest BCUT2D eigenvalue weighted by atomic mass is 10.1. The minimum absolute atomic E-state index is 0.0167. The number of nitro groups is 1. The second kappa shape index (κ2) is 6.70. The Bertz CT molecular complexity index is 796. The quantitative estimate of drug-likeness (QED) is 0.524. The number of phenolic OH excluding ortho intramolecular Hbond substituents is 1. The van der Waals surface area contributed by atoms with Crippen molar-refractivity contribution >= 4 is 23.3 Å². The molecule has 1 fully saturated rings. The second-order valence-corrected chi connectivity index (χ2v) is 5.90. The van der Waals surface area contributed by atoms with Gasteiger partial charge in [0.15, 0.2) is 0 Å². The summed E-state index contributed by atoms with van der Waals surface area (Å²) in [4.78, 5) is 17.3. The van der Waals surface area contributed by atoms with Crippen LogP contribution >= 0.6 is 0 Å². The minimum Gasteiger partial charge on any atom is -0.507 e. The fraction of sp³-hybridized carbons (Fsp3) is 0.278. The van der Waals surface area contributed by atoms with Gasteiger partial charge in [0.05, 0.1) is 16.3 Å². The lowest BCUT2D eigenvalue weighted by molar-refractivity contribution is -0.384. The van der Waals surface area contributed by atoms with Crippen LogP contribution in [0, 0.1) is 17.0 Å². The summed E-state index contributed by atoms with van der Waals surface area (Å²) in [5, 5.41) is 21.1. The van der Waals surface area contributed by atoms with Crippen molar-refractivity contribution in [2.75, 3.05) is 18.0 Å². The Labute approximate surface area is 140 Å². The molecule has 1 heterocycles. The molecule has 0 spiro atoms. The molecule has 0 saturated carbocycles. The molecule has 3 rings (SSSR count). The number of para-hydroxylation sites is 2. The van der Waals surface area contributed by atoms with Crippen molar-refractivity contribution < 1.29 is 10.0 Å². The number of nitro benzene ring substituents is 1. The molecule has 1 N–H and O–H groups in total. The van der Waals surface area contributed by atoms with E-state index in [0.717, 1.165) is 24.5 Å². The van der Waals surface area contributed by atoms with E-state index < -0.39 is 4.92 Å². The highest BCUT2D eigenvalue weighted by molar-refractivity contribution is 5.88. The molecule has 124 valence electrons. The first-order chi connectivity index (χ1) is 11.6. The van der Waals surface area contributed by atoms with Crippen molar-refractivity contribution in [3.63, 3.8) is 0 Å². The van der Waals surface area contributed by atoms with Gasteiger partial charge in [-0.15, -0.1) is 0 Å². The summed E-state index contributed by atoms with van der Waals surface area (Å²) in [5.41, 5.74) is 2.59. The highest BCUT2D eigenvalue weighted by Crippen LogP contribution is 2.32. The van der Waals surface area contributed by atoms with Crippen molar-refractivity contribution in [2.45, 2.75) is 19.8 Å². The summed E-state index contributed by atoms with van der Waals surface area (Å²) in [6.07, 6.45) is 3.83. The van der Waals surface area contributed by atoms with Gasteiger partial charge in [-0.3, -0.25) is 15.1 Å². The highest BCUT2D eigenvalue weighted by Gasteiger charge is 2.16. The van der Waals surface area contributed by atoms with Gasteiger partial charge in [-0.1, -0.05) is 12.1 Å². The third kappa shape index (κ3) is 3.22. The number of aliphatic imine (C=N–C) groups is 1. The SMILES string of the molecule is Cc1cc([N+](=O)[O-])cc(C=Nc2ccccc2N2CCCC2)c1O. The zero-order chi connectivity index (χ0) is 17.1. The highest BCUT2D eigenvalue weighted by atomic mass is 16.6. The number of non-ortho nitro benzene ring substituents is 1. The number of benzene rings is 2. The third-order valence-electron chi connectivity index (χ3n) is 4.20. The van der Waals surface area contributed by atoms with E-state index in [1.165, 1.54) is 31.2 Å². The monoisotopic (exact) mass is 325 g/mol. The van der Waals surface area contributed by atoms with E-state index in [0.29, 0.717) is 11.1 Å². The van der Waals surface area contributed by atoms with Crippen LogP contribution in [0.25, 0.3) is 0 Å². The maximum Gasteiger partial charge on any atom is 0.270 e. The number of phenols is 1. The second-order valence-electron chi connectivity index (χ2n) is 5.90. The third-order valence-corrected chi connectivity index (χ3v) is 4.20. The first-order valence-corrected chi connectivity index (χ1v) is 7.92. The van der Waals surface area contributed by atoms with Crippen LogP contribution in [-0.2, 0) is 0 Å². The summed E-state index contributed by atoms with van der Waals surface area (Å²) in [5.74, 6) is 0.0167. The molecular weight excluding hydrogens is 306 g/mol. The summed E-state index contributed by atoms with van der Waals surface area (Å²) < 4.78 is 0. The van der Waals surface area contributed by atoms with Gasteiger partial charge in [0.2, 0.25) is 0 Å². The number of anilines is 1. The van der Waals surface area contributed by atoms with Gasteiger partial charge in [-0.2, -0.15) is 0 Å². The van der Waals surface area contributed by atoms with Gasteiger partial charge in [0, 0.05) is 37.0 Å². The summed E-state index contributed by atoms with van der Waals surface area (Å²) in [6, 6.07) is 10.5. The van der Waals surface area contributed by atoms with E-state index in [2.05, 4.69) is 9.89 Å². The molecule has 1 saturated heterocycles. The average Bonchev–Trinajstić information content (AvgIpc) is 3.10. The van der Waals surface area contributed by atoms with Crippen molar-refractivity contribution in [3.8, 4) is 5.75 Å². The largest absolute Gasteiger partial charge is 0.507 e. The first kappa shape index (κ1) is 16.0. The van der Waals surface area contributed by atoms with Gasteiger partial charge < -0.3 is 10.0 Å². The molecule has 0 bridgehead atoms. The predicted octanol–water partition coefficient (Wildman–Crippen LogP) is 3.96. The lowest BCUT2D eigenvalue weighted by Gasteiger charge is -2.19. The van der Waals surface area contributed by atoms with E-state index >= 15 is 0 Å². The van der Waals surface area contributed by atoms with Crippen LogP contribution in [-0.4, -0.2) is 29.3 Å². The van der Waals surface area contributed by atoms with Gasteiger partial charge in [-0.05, 0) is 37.5 Å². The van der Waals surface area contributed by atoms with Crippen molar-refractivity contribution in [1.82, 2.24) is 0 Å². The summed E-state index contributed by atoms with van der Waals surface area (Å²) in [6.45, 7) is 3.65. The molecule has 24 heavy (non-hydrogen) atoms. The number of hydrogen-bond donors (Lipinski definition) is 1. The van der Waals surface area contributed by atoms with Gasteiger partial charge in [0.1, 0.15) is 5.75 Å². The van der Waals surface area contributed by atoms with Crippen LogP contribution in [0.15, 0.2) is 41.4 Å². The topological polar surface area (TPSA) is 79.0 Å². The summed E-state index contributed by atoms with van der Waals surface area (Å²) >= 11 is 0. The molecule has 0 unspecified atom stereocenters. The van der Waals surface area contributed by atoms with E-state index in [-0.39, 0.29) is 11.4 Å². The molecule has 0 amide bonds. The number of aromatic hydroxyl groups is 1. The number of hydrogen-bond acceptors (Lipinski definition) is 5. The van der Waals surface area contributed by atoms with Crippen LogP contribution in [0.5, 0.6) is 5.75 Å². The molecule has 2 aromatic carbocycles. The summed E-state index contributed by atoms with van der Waals surface area (Å²) in [7, 11) is 0. The molecule has 2 aromatic rings. The Morgan fingerprint density at radius 1 is 1.25 bits per heavy atom. The van der Waals surface area contributed by atoms with E-state index in [1.807, 2.05) is 24.3 Å². The van der Waals surface area contributed by atoms with Crippen LogP contribution in [0.2, 0.25) is 0 Å². The Morgan fingerprint density at radius 2 is 1.96 bits per heavy atom. The van der Waals surface area contributed by atoms with Gasteiger partial charge >= 0.3 is 0 Å². The Kier molecular flexibility index (Phi) is 4.46. The zero-order valence-electron chi connectivity index (χ0n) is 13.5. The molecule has 0 atom stereocenters. The first-order valence-electron chi connectivity index (χ1n) is 7.92. The standard InChI is InChI=1S/C18H19N3O3/c1-13-10-15(21(23)24)11-14(18(13)22)12-19-16-6-2-3-7-17(16)20-8-4-5-9-20/h2-3,6-7,10-12,22H,4-5,8-9H2,1H3. The molecule has 1 aliphatic heterocycles. The molecule has 0 radical (unpaired) electrons. The zero-order valence-corrected chi connectivity index (χ0v) is 13.5. The maximum atomic E-state index is 11.0. The van der Waals surface area contributed by atoms with E-state index in [4.69, 9.17) is 0 Å². The lowest BCUT2D eigenvalue weighted by Crippen LogP contribution is -2.17. The fourth-order valence-corrected chi connectivity index (χ4v) is 2.93. The van der Waals surface area contributed by atoms with Crippen molar-refractivity contribution in [2.24, 2.45) is 4.99 Å². The minimum atomic E-state index is -0.470. The number of aryl methyl sites for hydroxylation is 1. The van der Waals surface area contributed by atoms with Crippen molar-refractivity contribution in [1.29, 1.82) is 0 Å². The maximum absolute atomic E-state index is 11.0. The number of nitrogens with zero attached hydrogens (tertiary/aromatic N) is 3. The molecule has 0 aromatic heterocycles. The Hall–Kier alpha value is -2.89. The molecule has 0 aliphatic carbocycles. The normalized spacial score (nSPS) is 14.5. The Balaban J connectivity index is 1.96. The molecular formula is C18H19N3O3.